The number of methoxy groups -OCH3 is 1. The summed E-state index contributed by atoms with van der Waals surface area (Å²) in [6, 6.07) is 14.7. The van der Waals surface area contributed by atoms with Crippen LogP contribution in [0.15, 0.2) is 48.5 Å². The van der Waals surface area contributed by atoms with E-state index in [2.05, 4.69) is 20.0 Å². The Morgan fingerprint density at radius 2 is 1.93 bits per heavy atom. The smallest absolute Gasteiger partial charge is 0.413 e. The van der Waals surface area contributed by atoms with Gasteiger partial charge < -0.3 is 14.5 Å². The highest BCUT2D eigenvalue weighted by Crippen LogP contribution is 2.36. The molecule has 0 atom stereocenters. The number of ether oxygens (including phenoxy) is 2. The van der Waals surface area contributed by atoms with Gasteiger partial charge in [-0.3, -0.25) is 5.32 Å². The van der Waals surface area contributed by atoms with Gasteiger partial charge in [0, 0.05) is 17.5 Å². The van der Waals surface area contributed by atoms with Crippen LogP contribution in [0.2, 0.25) is 10.0 Å². The average molecular weight is 402 g/mol. The quantitative estimate of drug-likeness (QED) is 0.441. The maximum atomic E-state index is 11.3. The molecule has 1 aromatic heterocycles. The van der Waals surface area contributed by atoms with Crippen LogP contribution >= 0.6 is 23.2 Å². The minimum absolute atomic E-state index is 0.249. The lowest BCUT2D eigenvalue weighted by Crippen LogP contribution is -2.11. The number of imidazole rings is 1. The van der Waals surface area contributed by atoms with Crippen molar-refractivity contribution >= 4 is 57.0 Å². The molecular formula is C19H13Cl2N3O3. The van der Waals surface area contributed by atoms with Crippen molar-refractivity contribution in [3.05, 3.63) is 58.6 Å². The number of aromatic amines is 1. The van der Waals surface area contributed by atoms with Crippen LogP contribution in [0.1, 0.15) is 0 Å². The SMILES string of the molecule is COC(=O)Nc1nc2cc(Oc3cc(Cl)c4ccccc4c3)c(Cl)cc2[nH]1. The molecule has 8 heteroatoms. The first-order valence-corrected chi connectivity index (χ1v) is 8.69. The van der Waals surface area contributed by atoms with E-state index in [9.17, 15) is 4.79 Å². The highest BCUT2D eigenvalue weighted by atomic mass is 35.5. The van der Waals surface area contributed by atoms with Crippen molar-refractivity contribution in [1.82, 2.24) is 9.97 Å². The third-order valence-corrected chi connectivity index (χ3v) is 4.56. The molecule has 0 aliphatic heterocycles. The molecule has 0 unspecified atom stereocenters. The van der Waals surface area contributed by atoms with E-state index in [1.807, 2.05) is 30.3 Å². The van der Waals surface area contributed by atoms with Crippen molar-refractivity contribution in [3.63, 3.8) is 0 Å². The molecule has 4 rings (SSSR count). The molecular weight excluding hydrogens is 389 g/mol. The zero-order valence-electron chi connectivity index (χ0n) is 14.0. The number of halogens is 2. The molecule has 6 nitrogen and oxygen atoms in total. The molecule has 2 N–H and O–H groups in total. The highest BCUT2D eigenvalue weighted by Gasteiger charge is 2.12. The van der Waals surface area contributed by atoms with Crippen LogP contribution in [0.3, 0.4) is 0 Å². The Kier molecular flexibility index (Phi) is 4.51. The second kappa shape index (κ2) is 6.98. The van der Waals surface area contributed by atoms with E-state index in [0.29, 0.717) is 32.6 Å². The molecule has 0 saturated carbocycles. The van der Waals surface area contributed by atoms with Crippen LogP contribution in [-0.4, -0.2) is 23.2 Å². The Morgan fingerprint density at radius 3 is 2.74 bits per heavy atom. The van der Waals surface area contributed by atoms with Crippen LogP contribution < -0.4 is 10.1 Å². The van der Waals surface area contributed by atoms with Gasteiger partial charge in [0.1, 0.15) is 11.5 Å². The van der Waals surface area contributed by atoms with Crippen LogP contribution in [0.4, 0.5) is 10.7 Å². The fourth-order valence-electron chi connectivity index (χ4n) is 2.72. The van der Waals surface area contributed by atoms with Gasteiger partial charge in [-0.15, -0.1) is 0 Å². The van der Waals surface area contributed by atoms with Crippen molar-refractivity contribution in [2.45, 2.75) is 0 Å². The summed E-state index contributed by atoms with van der Waals surface area (Å²) in [6.07, 6.45) is -0.623. The fourth-order valence-corrected chi connectivity index (χ4v) is 3.20. The van der Waals surface area contributed by atoms with E-state index in [4.69, 9.17) is 27.9 Å². The van der Waals surface area contributed by atoms with E-state index < -0.39 is 6.09 Å². The van der Waals surface area contributed by atoms with E-state index in [1.165, 1.54) is 7.11 Å². The van der Waals surface area contributed by atoms with Crippen molar-refractivity contribution in [2.24, 2.45) is 0 Å². The van der Waals surface area contributed by atoms with Crippen LogP contribution in [-0.2, 0) is 4.74 Å². The first kappa shape index (κ1) is 17.5. The number of hydrogen-bond acceptors (Lipinski definition) is 4. The topological polar surface area (TPSA) is 76.2 Å². The molecule has 0 saturated heterocycles. The minimum atomic E-state index is -0.623. The van der Waals surface area contributed by atoms with Gasteiger partial charge in [0.25, 0.3) is 0 Å². The lowest BCUT2D eigenvalue weighted by Gasteiger charge is -2.10. The van der Waals surface area contributed by atoms with Crippen LogP contribution in [0, 0.1) is 0 Å². The maximum Gasteiger partial charge on any atom is 0.413 e. The molecule has 3 aromatic carbocycles. The standard InChI is InChI=1S/C19H13Cl2N3O3/c1-26-19(25)24-18-22-15-8-14(21)17(9-16(15)23-18)27-11-6-10-4-2-3-5-12(10)13(20)7-11/h2-9H,1H3,(H2,22,23,24,25). The minimum Gasteiger partial charge on any atom is -0.456 e. The van der Waals surface area contributed by atoms with E-state index >= 15 is 0 Å². The normalized spacial score (nSPS) is 10.9. The monoisotopic (exact) mass is 401 g/mol. The first-order valence-electron chi connectivity index (χ1n) is 7.94. The zero-order chi connectivity index (χ0) is 19.0. The Morgan fingerprint density at radius 1 is 1.11 bits per heavy atom. The highest BCUT2D eigenvalue weighted by molar-refractivity contribution is 6.35. The van der Waals surface area contributed by atoms with Crippen molar-refractivity contribution in [3.8, 4) is 11.5 Å². The number of carbonyl (C=O) groups excluding carboxylic acids is 1. The summed E-state index contributed by atoms with van der Waals surface area (Å²) in [4.78, 5) is 18.5. The van der Waals surface area contributed by atoms with Crippen molar-refractivity contribution in [2.75, 3.05) is 12.4 Å². The molecule has 1 amide bonds. The van der Waals surface area contributed by atoms with E-state index in [-0.39, 0.29) is 5.95 Å². The molecule has 0 radical (unpaired) electrons. The second-order valence-corrected chi connectivity index (χ2v) is 6.54. The Balaban J connectivity index is 1.69. The van der Waals surface area contributed by atoms with Gasteiger partial charge >= 0.3 is 6.09 Å². The molecule has 0 fully saturated rings. The molecule has 0 spiro atoms. The summed E-state index contributed by atoms with van der Waals surface area (Å²) in [5.41, 5.74) is 1.22. The molecule has 0 bridgehead atoms. The van der Waals surface area contributed by atoms with Crippen LogP contribution in [0.5, 0.6) is 11.5 Å². The van der Waals surface area contributed by atoms with Crippen molar-refractivity contribution in [1.29, 1.82) is 0 Å². The predicted molar refractivity (Wildman–Crippen MR) is 106 cm³/mol. The largest absolute Gasteiger partial charge is 0.456 e. The number of carbonyl (C=O) groups is 1. The van der Waals surface area contributed by atoms with E-state index in [1.54, 1.807) is 18.2 Å². The second-order valence-electron chi connectivity index (χ2n) is 5.73. The van der Waals surface area contributed by atoms with Crippen molar-refractivity contribution < 1.29 is 14.3 Å². The third-order valence-electron chi connectivity index (χ3n) is 3.95. The summed E-state index contributed by atoms with van der Waals surface area (Å²) in [5, 5.41) is 5.35. The lowest BCUT2D eigenvalue weighted by atomic mass is 10.1. The predicted octanol–water partition coefficient (Wildman–Crippen LogP) is 5.99. The molecule has 27 heavy (non-hydrogen) atoms. The molecule has 0 aliphatic carbocycles. The van der Waals surface area contributed by atoms with Gasteiger partial charge in [-0.05, 0) is 17.5 Å². The van der Waals surface area contributed by atoms with Crippen LogP contribution in [0.25, 0.3) is 21.8 Å². The van der Waals surface area contributed by atoms with E-state index in [0.717, 1.165) is 10.8 Å². The summed E-state index contributed by atoms with van der Waals surface area (Å²) in [6.45, 7) is 0. The summed E-state index contributed by atoms with van der Waals surface area (Å²) < 4.78 is 10.5. The Hall–Kier alpha value is -2.96. The van der Waals surface area contributed by atoms with Gasteiger partial charge in [0.2, 0.25) is 5.95 Å². The number of hydrogen-bond donors (Lipinski definition) is 2. The van der Waals surface area contributed by atoms with Gasteiger partial charge in [0.05, 0.1) is 28.2 Å². The number of fused-ring (bicyclic) bond motifs is 2. The Labute approximate surface area is 164 Å². The number of anilines is 1. The number of rotatable bonds is 3. The van der Waals surface area contributed by atoms with Gasteiger partial charge in [-0.1, -0.05) is 47.5 Å². The molecule has 136 valence electrons. The summed E-state index contributed by atoms with van der Waals surface area (Å²) in [5.74, 6) is 1.23. The number of nitrogens with zero attached hydrogens (tertiary/aromatic N) is 1. The Bertz CT molecular complexity index is 1170. The maximum absolute atomic E-state index is 11.3. The van der Waals surface area contributed by atoms with Gasteiger partial charge in [0.15, 0.2) is 0 Å². The number of amides is 1. The number of H-pyrrole nitrogens is 1. The van der Waals surface area contributed by atoms with Gasteiger partial charge in [-0.2, -0.15) is 0 Å². The molecule has 0 aliphatic rings. The lowest BCUT2D eigenvalue weighted by molar-refractivity contribution is 0.186. The summed E-state index contributed by atoms with van der Waals surface area (Å²) in [7, 11) is 1.27. The fraction of sp³-hybridized carbons (Fsp3) is 0.0526. The average Bonchev–Trinajstić information content (AvgIpc) is 3.02. The van der Waals surface area contributed by atoms with Gasteiger partial charge in [-0.25, -0.2) is 9.78 Å². The zero-order valence-corrected chi connectivity index (χ0v) is 15.6. The molecule has 1 heterocycles. The number of nitrogens with one attached hydrogen (secondary N) is 2. The third kappa shape index (κ3) is 3.49. The number of benzene rings is 3. The number of aromatic nitrogens is 2. The summed E-state index contributed by atoms with van der Waals surface area (Å²) >= 11 is 12.7. The molecule has 4 aromatic rings. The first-order chi connectivity index (χ1) is 13.0.